The lowest BCUT2D eigenvalue weighted by Gasteiger charge is -2.24. The molecule has 2 aliphatic rings. The molecule has 2 heterocycles. The normalized spacial score (nSPS) is 21.6. The molecule has 1 saturated heterocycles. The third-order valence-electron chi connectivity index (χ3n) is 4.72. The van der Waals surface area contributed by atoms with Crippen molar-refractivity contribution in [2.24, 2.45) is 0 Å². The number of fused-ring (bicyclic) bond motifs is 3. The number of anilines is 1. The first-order valence-corrected chi connectivity index (χ1v) is 8.38. The Bertz CT molecular complexity index is 896. The molecule has 2 atom stereocenters. The van der Waals surface area contributed by atoms with E-state index in [0.717, 1.165) is 24.3 Å². The highest BCUT2D eigenvalue weighted by molar-refractivity contribution is 6.02. The molecular formula is C19H15F3N2O3. The number of carbonyl (C=O) groups is 2. The van der Waals surface area contributed by atoms with Gasteiger partial charge in [-0.15, -0.1) is 0 Å². The van der Waals surface area contributed by atoms with Crippen LogP contribution in [0.1, 0.15) is 22.3 Å². The number of nitrogens with one attached hydrogen (secondary N) is 1. The fourth-order valence-corrected chi connectivity index (χ4v) is 3.39. The minimum atomic E-state index is -4.47. The molecule has 1 fully saturated rings. The lowest BCUT2D eigenvalue weighted by molar-refractivity contribution is -0.137. The Morgan fingerprint density at radius 1 is 1.11 bits per heavy atom. The zero-order valence-electron chi connectivity index (χ0n) is 14.0. The van der Waals surface area contributed by atoms with Gasteiger partial charge in [-0.2, -0.15) is 13.2 Å². The largest absolute Gasteiger partial charge is 0.486 e. The summed E-state index contributed by atoms with van der Waals surface area (Å²) < 4.78 is 44.0. The molecule has 2 aliphatic heterocycles. The molecule has 0 aromatic heterocycles. The third kappa shape index (κ3) is 3.22. The van der Waals surface area contributed by atoms with Gasteiger partial charge in [0.15, 0.2) is 0 Å². The minimum Gasteiger partial charge on any atom is -0.486 e. The van der Waals surface area contributed by atoms with Crippen LogP contribution in [0.5, 0.6) is 5.75 Å². The van der Waals surface area contributed by atoms with Crippen molar-refractivity contribution >= 4 is 17.5 Å². The average Bonchev–Trinajstić information content (AvgIpc) is 3.06. The lowest BCUT2D eigenvalue weighted by atomic mass is 10.1. The molecule has 0 unspecified atom stereocenters. The van der Waals surface area contributed by atoms with Crippen molar-refractivity contribution in [3.63, 3.8) is 0 Å². The Balaban J connectivity index is 1.59. The van der Waals surface area contributed by atoms with Crippen LogP contribution in [0.2, 0.25) is 0 Å². The molecule has 1 N–H and O–H groups in total. The van der Waals surface area contributed by atoms with E-state index in [4.69, 9.17) is 4.74 Å². The van der Waals surface area contributed by atoms with Gasteiger partial charge in [0.1, 0.15) is 17.9 Å². The van der Waals surface area contributed by atoms with Gasteiger partial charge in [-0.25, -0.2) is 0 Å². The number of carbonyl (C=O) groups excluding carboxylic acids is 2. The molecule has 4 rings (SSSR count). The molecule has 2 amide bonds. The molecule has 27 heavy (non-hydrogen) atoms. The number of ether oxygens (including phenoxy) is 1. The van der Waals surface area contributed by atoms with Crippen LogP contribution in [0.15, 0.2) is 48.5 Å². The van der Waals surface area contributed by atoms with E-state index in [0.29, 0.717) is 17.9 Å². The third-order valence-corrected chi connectivity index (χ3v) is 4.72. The van der Waals surface area contributed by atoms with Crippen LogP contribution in [0.3, 0.4) is 0 Å². The van der Waals surface area contributed by atoms with E-state index in [1.54, 1.807) is 24.3 Å². The van der Waals surface area contributed by atoms with E-state index in [-0.39, 0.29) is 24.1 Å². The smallest absolute Gasteiger partial charge is 0.416 e. The zero-order chi connectivity index (χ0) is 19.2. The summed E-state index contributed by atoms with van der Waals surface area (Å²) in [5, 5.41) is 2.75. The van der Waals surface area contributed by atoms with Crippen molar-refractivity contribution in [1.82, 2.24) is 4.90 Å². The van der Waals surface area contributed by atoms with Gasteiger partial charge in [0.05, 0.1) is 17.8 Å². The van der Waals surface area contributed by atoms with Gasteiger partial charge >= 0.3 is 6.18 Å². The van der Waals surface area contributed by atoms with Crippen LogP contribution in [-0.4, -0.2) is 35.4 Å². The number of hydrogen-bond donors (Lipinski definition) is 1. The number of rotatable bonds is 1. The topological polar surface area (TPSA) is 58.6 Å². The fourth-order valence-electron chi connectivity index (χ4n) is 3.39. The molecule has 5 nitrogen and oxygen atoms in total. The Hall–Kier alpha value is -3.03. The van der Waals surface area contributed by atoms with Crippen LogP contribution >= 0.6 is 0 Å². The number of likely N-dealkylation sites (tertiary alicyclic amines) is 1. The Kier molecular flexibility index (Phi) is 4.05. The minimum absolute atomic E-state index is 0.0956. The zero-order valence-corrected chi connectivity index (χ0v) is 14.0. The highest BCUT2D eigenvalue weighted by Crippen LogP contribution is 2.34. The maximum absolute atomic E-state index is 12.8. The second kappa shape index (κ2) is 6.29. The number of halogens is 3. The predicted molar refractivity (Wildman–Crippen MR) is 90.4 cm³/mol. The number of para-hydroxylation sites is 2. The van der Waals surface area contributed by atoms with E-state index < -0.39 is 23.7 Å². The highest BCUT2D eigenvalue weighted by atomic mass is 19.4. The van der Waals surface area contributed by atoms with E-state index in [9.17, 15) is 22.8 Å². The number of hydrogen-bond acceptors (Lipinski definition) is 3. The predicted octanol–water partition coefficient (Wildman–Crippen LogP) is 3.32. The Morgan fingerprint density at radius 3 is 2.52 bits per heavy atom. The second-order valence-electron chi connectivity index (χ2n) is 6.51. The average molecular weight is 376 g/mol. The number of alkyl halides is 3. The van der Waals surface area contributed by atoms with Crippen molar-refractivity contribution in [2.45, 2.75) is 24.7 Å². The maximum atomic E-state index is 12.8. The first-order valence-electron chi connectivity index (χ1n) is 8.38. The molecule has 0 saturated carbocycles. The van der Waals surface area contributed by atoms with Crippen molar-refractivity contribution in [2.75, 3.05) is 11.9 Å². The molecular weight excluding hydrogens is 361 g/mol. The van der Waals surface area contributed by atoms with Gasteiger partial charge in [0.2, 0.25) is 5.91 Å². The SMILES string of the molecule is O=C1Nc2ccccc2O[C@H]2C[C@@H]1N(C(=O)c1ccc(C(F)(F)F)cc1)C2. The Labute approximate surface area is 152 Å². The van der Waals surface area contributed by atoms with Gasteiger partial charge in [-0.05, 0) is 36.4 Å². The number of nitrogens with zero attached hydrogens (tertiary/aromatic N) is 1. The quantitative estimate of drug-likeness (QED) is 0.831. The van der Waals surface area contributed by atoms with Gasteiger partial charge in [-0.1, -0.05) is 12.1 Å². The van der Waals surface area contributed by atoms with E-state index in [1.165, 1.54) is 4.90 Å². The summed E-state index contributed by atoms with van der Waals surface area (Å²) in [6.45, 7) is 0.187. The van der Waals surface area contributed by atoms with Gasteiger partial charge < -0.3 is 15.0 Å². The van der Waals surface area contributed by atoms with Crippen LogP contribution in [0, 0.1) is 0 Å². The molecule has 2 aromatic carbocycles. The lowest BCUT2D eigenvalue weighted by Crippen LogP contribution is -2.43. The van der Waals surface area contributed by atoms with Gasteiger partial charge in [0, 0.05) is 12.0 Å². The van der Waals surface area contributed by atoms with E-state index in [1.807, 2.05) is 0 Å². The molecule has 0 radical (unpaired) electrons. The first-order chi connectivity index (χ1) is 12.8. The van der Waals surface area contributed by atoms with E-state index >= 15 is 0 Å². The molecule has 140 valence electrons. The molecule has 2 aromatic rings. The van der Waals surface area contributed by atoms with E-state index in [2.05, 4.69) is 5.32 Å². The fraction of sp³-hybridized carbons (Fsp3) is 0.263. The molecule has 8 heteroatoms. The van der Waals surface area contributed by atoms with Gasteiger partial charge in [0.25, 0.3) is 5.91 Å². The monoisotopic (exact) mass is 376 g/mol. The molecule has 0 aliphatic carbocycles. The number of benzene rings is 2. The summed E-state index contributed by atoms with van der Waals surface area (Å²) >= 11 is 0. The maximum Gasteiger partial charge on any atom is 0.416 e. The first kappa shape index (κ1) is 17.4. The summed E-state index contributed by atoms with van der Waals surface area (Å²) in [4.78, 5) is 26.8. The molecule has 2 bridgehead atoms. The summed E-state index contributed by atoms with van der Waals surface area (Å²) in [6, 6.07) is 10.2. The van der Waals surface area contributed by atoms with Crippen LogP contribution in [-0.2, 0) is 11.0 Å². The molecule has 0 spiro atoms. The number of amides is 2. The summed E-state index contributed by atoms with van der Waals surface area (Å²) in [7, 11) is 0. The summed E-state index contributed by atoms with van der Waals surface area (Å²) in [5.74, 6) is -0.312. The standard InChI is InChI=1S/C19H15F3N2O3/c20-19(21,22)12-7-5-11(6-8-12)18(26)24-10-13-9-15(24)17(25)23-14-3-1-2-4-16(14)27-13/h1-8,13,15H,9-10H2,(H,23,25)/t13-,15-/m0/s1. The summed E-state index contributed by atoms with van der Waals surface area (Å²) in [6.07, 6.45) is -4.51. The Morgan fingerprint density at radius 2 is 1.81 bits per heavy atom. The summed E-state index contributed by atoms with van der Waals surface area (Å²) in [5.41, 5.74) is -0.205. The van der Waals surface area contributed by atoms with Gasteiger partial charge in [-0.3, -0.25) is 9.59 Å². The van der Waals surface area contributed by atoms with Crippen molar-refractivity contribution in [3.05, 3.63) is 59.7 Å². The van der Waals surface area contributed by atoms with Crippen molar-refractivity contribution in [1.29, 1.82) is 0 Å². The second-order valence-corrected chi connectivity index (χ2v) is 6.51. The highest BCUT2D eigenvalue weighted by Gasteiger charge is 2.42. The van der Waals surface area contributed by atoms with Crippen LogP contribution in [0.4, 0.5) is 18.9 Å². The van der Waals surface area contributed by atoms with Crippen LogP contribution < -0.4 is 10.1 Å². The van der Waals surface area contributed by atoms with Crippen molar-refractivity contribution < 1.29 is 27.5 Å². The van der Waals surface area contributed by atoms with Crippen LogP contribution in [0.25, 0.3) is 0 Å². The van der Waals surface area contributed by atoms with Crippen molar-refractivity contribution in [3.8, 4) is 5.75 Å².